The largest absolute Gasteiger partial charge is 0.494 e. The van der Waals surface area contributed by atoms with Gasteiger partial charge in [-0.1, -0.05) is 0 Å². The van der Waals surface area contributed by atoms with Gasteiger partial charge in [0.15, 0.2) is 6.61 Å². The number of carbonyl (C=O) groups is 2. The second-order valence-electron chi connectivity index (χ2n) is 6.55. The Hall–Kier alpha value is -3.82. The van der Waals surface area contributed by atoms with Gasteiger partial charge in [0.2, 0.25) is 5.71 Å². The number of hydrogen-bond acceptors (Lipinski definition) is 8. The van der Waals surface area contributed by atoms with E-state index in [9.17, 15) is 14.4 Å². The Balaban J connectivity index is 1.47. The minimum absolute atomic E-state index is 0.0247. The summed E-state index contributed by atoms with van der Waals surface area (Å²) >= 11 is 0. The van der Waals surface area contributed by atoms with Crippen LogP contribution in [0.1, 0.15) is 23.0 Å². The van der Waals surface area contributed by atoms with Gasteiger partial charge in [0.05, 0.1) is 13.2 Å². The molecule has 0 aliphatic rings. The molecule has 1 N–H and O–H groups in total. The summed E-state index contributed by atoms with van der Waals surface area (Å²) in [5.41, 5.74) is -0.427. The number of fused-ring (bicyclic) bond motifs is 1. The maximum atomic E-state index is 12.4. The molecule has 2 heterocycles. The van der Waals surface area contributed by atoms with Crippen LogP contribution in [0.25, 0.3) is 11.1 Å². The van der Waals surface area contributed by atoms with E-state index in [1.807, 2.05) is 6.92 Å². The minimum Gasteiger partial charge on any atom is -0.494 e. The standard InChI is InChI=1S/C21H23N3O7/c1-4-28-14-5-7-15(8-6-14)29-10-9-22-16(25)11-30-21(27)17-13(2)31-19-18(17)20(26)24(3)12-23-19/h5-8,12H,4,9-11H2,1-3H3,(H,22,25). The van der Waals surface area contributed by atoms with Gasteiger partial charge in [0, 0.05) is 7.05 Å². The van der Waals surface area contributed by atoms with Gasteiger partial charge in [0.25, 0.3) is 11.5 Å². The Labute approximate surface area is 177 Å². The zero-order chi connectivity index (χ0) is 22.4. The summed E-state index contributed by atoms with van der Waals surface area (Å²) in [6.45, 7) is 3.97. The molecule has 2 aromatic heterocycles. The topological polar surface area (TPSA) is 122 Å². The second-order valence-corrected chi connectivity index (χ2v) is 6.55. The van der Waals surface area contributed by atoms with Crippen LogP contribution in [0.2, 0.25) is 0 Å². The summed E-state index contributed by atoms with van der Waals surface area (Å²) in [5, 5.41) is 2.61. The lowest BCUT2D eigenvalue weighted by Gasteiger charge is -2.09. The van der Waals surface area contributed by atoms with Crippen molar-refractivity contribution in [2.24, 2.45) is 7.05 Å². The van der Waals surface area contributed by atoms with Gasteiger partial charge in [-0.15, -0.1) is 0 Å². The number of hydrogen-bond donors (Lipinski definition) is 1. The quantitative estimate of drug-likeness (QED) is 0.402. The van der Waals surface area contributed by atoms with Crippen molar-refractivity contribution in [3.63, 3.8) is 0 Å². The van der Waals surface area contributed by atoms with Crippen molar-refractivity contribution in [1.29, 1.82) is 0 Å². The van der Waals surface area contributed by atoms with Gasteiger partial charge in [0.1, 0.15) is 41.1 Å². The smallest absolute Gasteiger partial charge is 0.343 e. The predicted molar refractivity (Wildman–Crippen MR) is 110 cm³/mol. The molecule has 0 bridgehead atoms. The first-order valence-corrected chi connectivity index (χ1v) is 9.65. The van der Waals surface area contributed by atoms with E-state index in [2.05, 4.69) is 10.3 Å². The number of rotatable bonds is 9. The lowest BCUT2D eigenvalue weighted by molar-refractivity contribution is -0.124. The summed E-state index contributed by atoms with van der Waals surface area (Å²) in [6.07, 6.45) is 1.30. The summed E-state index contributed by atoms with van der Waals surface area (Å²) in [7, 11) is 1.51. The molecule has 0 atom stereocenters. The molecule has 164 valence electrons. The molecule has 1 amide bonds. The summed E-state index contributed by atoms with van der Waals surface area (Å²) < 4.78 is 22.5. The summed E-state index contributed by atoms with van der Waals surface area (Å²) in [4.78, 5) is 40.7. The predicted octanol–water partition coefficient (Wildman–Crippen LogP) is 1.59. The van der Waals surface area contributed by atoms with Crippen molar-refractivity contribution in [1.82, 2.24) is 14.9 Å². The van der Waals surface area contributed by atoms with E-state index in [-0.39, 0.29) is 35.6 Å². The molecule has 0 saturated carbocycles. The molecule has 0 unspecified atom stereocenters. The van der Waals surface area contributed by atoms with Crippen LogP contribution < -0.4 is 20.3 Å². The number of ether oxygens (including phenoxy) is 3. The normalized spacial score (nSPS) is 10.7. The van der Waals surface area contributed by atoms with E-state index in [4.69, 9.17) is 18.6 Å². The third-order valence-corrected chi connectivity index (χ3v) is 4.31. The van der Waals surface area contributed by atoms with Gasteiger partial charge in [-0.3, -0.25) is 9.59 Å². The van der Waals surface area contributed by atoms with Crippen LogP contribution >= 0.6 is 0 Å². The van der Waals surface area contributed by atoms with E-state index in [1.165, 1.54) is 24.9 Å². The molecule has 10 heteroatoms. The minimum atomic E-state index is -0.831. The Morgan fingerprint density at radius 2 is 1.84 bits per heavy atom. The second kappa shape index (κ2) is 9.79. The first-order valence-electron chi connectivity index (χ1n) is 9.65. The summed E-state index contributed by atoms with van der Waals surface area (Å²) in [5.74, 6) is 0.253. The van der Waals surface area contributed by atoms with Crippen molar-refractivity contribution in [3.8, 4) is 11.5 Å². The highest BCUT2D eigenvalue weighted by Crippen LogP contribution is 2.21. The number of amides is 1. The van der Waals surface area contributed by atoms with E-state index in [0.29, 0.717) is 12.4 Å². The first kappa shape index (κ1) is 21.9. The summed E-state index contributed by atoms with van der Waals surface area (Å²) in [6, 6.07) is 7.12. The van der Waals surface area contributed by atoms with Gasteiger partial charge in [-0.2, -0.15) is 0 Å². The average molecular weight is 429 g/mol. The molecular formula is C21H23N3O7. The van der Waals surface area contributed by atoms with Crippen molar-refractivity contribution in [2.75, 3.05) is 26.4 Å². The van der Waals surface area contributed by atoms with Crippen molar-refractivity contribution < 1.29 is 28.2 Å². The number of furan rings is 1. The maximum absolute atomic E-state index is 12.4. The Kier molecular flexibility index (Phi) is 6.91. The van der Waals surface area contributed by atoms with E-state index < -0.39 is 24.0 Å². The first-order chi connectivity index (χ1) is 14.9. The molecule has 0 spiro atoms. The van der Waals surface area contributed by atoms with Crippen molar-refractivity contribution in [3.05, 3.63) is 52.3 Å². The SMILES string of the molecule is CCOc1ccc(OCCNC(=O)COC(=O)c2c(C)oc3ncn(C)c(=O)c23)cc1. The molecule has 3 aromatic rings. The monoisotopic (exact) mass is 429 g/mol. The number of carbonyl (C=O) groups excluding carboxylic acids is 2. The fourth-order valence-electron chi connectivity index (χ4n) is 2.85. The Morgan fingerprint density at radius 3 is 2.52 bits per heavy atom. The zero-order valence-electron chi connectivity index (χ0n) is 17.5. The third-order valence-electron chi connectivity index (χ3n) is 4.31. The Bertz CT molecular complexity index is 1130. The molecule has 0 aliphatic heterocycles. The number of benzene rings is 1. The highest BCUT2D eigenvalue weighted by Gasteiger charge is 2.24. The third kappa shape index (κ3) is 5.21. The van der Waals surface area contributed by atoms with Crippen LogP contribution in [0, 0.1) is 6.92 Å². The highest BCUT2D eigenvalue weighted by molar-refractivity contribution is 6.03. The van der Waals surface area contributed by atoms with E-state index in [1.54, 1.807) is 24.3 Å². The van der Waals surface area contributed by atoms with Gasteiger partial charge in [-0.05, 0) is 38.1 Å². The van der Waals surface area contributed by atoms with Gasteiger partial charge >= 0.3 is 5.97 Å². The van der Waals surface area contributed by atoms with Crippen molar-refractivity contribution >= 4 is 23.0 Å². The van der Waals surface area contributed by atoms with Crippen molar-refractivity contribution in [2.45, 2.75) is 13.8 Å². The fraction of sp³-hybridized carbons (Fsp3) is 0.333. The highest BCUT2D eigenvalue weighted by atomic mass is 16.5. The fourth-order valence-corrected chi connectivity index (χ4v) is 2.85. The number of nitrogens with one attached hydrogen (secondary N) is 1. The number of nitrogens with zero attached hydrogens (tertiary/aromatic N) is 2. The van der Waals surface area contributed by atoms with Crippen LogP contribution in [0.15, 0.2) is 39.8 Å². The molecule has 0 fully saturated rings. The number of aromatic nitrogens is 2. The molecule has 0 aliphatic carbocycles. The lowest BCUT2D eigenvalue weighted by Crippen LogP contribution is -2.32. The molecule has 0 saturated heterocycles. The van der Waals surface area contributed by atoms with Crippen LogP contribution in [0.3, 0.4) is 0 Å². The molecular weight excluding hydrogens is 406 g/mol. The molecule has 31 heavy (non-hydrogen) atoms. The zero-order valence-corrected chi connectivity index (χ0v) is 17.5. The van der Waals surface area contributed by atoms with Crippen LogP contribution in [-0.4, -0.2) is 47.8 Å². The molecule has 3 rings (SSSR count). The number of aryl methyl sites for hydroxylation is 2. The van der Waals surface area contributed by atoms with Crippen LogP contribution in [0.4, 0.5) is 0 Å². The molecule has 1 aromatic carbocycles. The molecule has 0 radical (unpaired) electrons. The maximum Gasteiger partial charge on any atom is 0.343 e. The van der Waals surface area contributed by atoms with E-state index in [0.717, 1.165) is 5.75 Å². The molecule has 10 nitrogen and oxygen atoms in total. The van der Waals surface area contributed by atoms with Crippen LogP contribution in [0.5, 0.6) is 11.5 Å². The Morgan fingerprint density at radius 1 is 1.16 bits per heavy atom. The van der Waals surface area contributed by atoms with Crippen LogP contribution in [-0.2, 0) is 16.6 Å². The lowest BCUT2D eigenvalue weighted by atomic mass is 10.2. The van der Waals surface area contributed by atoms with E-state index >= 15 is 0 Å². The number of esters is 1. The average Bonchev–Trinajstić information content (AvgIpc) is 3.10. The van der Waals surface area contributed by atoms with Gasteiger partial charge < -0.3 is 28.5 Å². The van der Waals surface area contributed by atoms with Gasteiger partial charge in [-0.25, -0.2) is 9.78 Å².